The Morgan fingerprint density at radius 1 is 1.30 bits per heavy atom. The number of benzene rings is 2. The number of ether oxygens (including phenoxy) is 1. The van der Waals surface area contributed by atoms with Crippen LogP contribution in [0.5, 0.6) is 5.75 Å². The summed E-state index contributed by atoms with van der Waals surface area (Å²) in [6, 6.07) is 12.0. The summed E-state index contributed by atoms with van der Waals surface area (Å²) in [6.07, 6.45) is 0.345. The van der Waals surface area contributed by atoms with Gasteiger partial charge in [0.2, 0.25) is 0 Å². The largest absolute Gasteiger partial charge is 0.480 e. The molecule has 1 unspecified atom stereocenters. The van der Waals surface area contributed by atoms with Gasteiger partial charge in [-0.25, -0.2) is 0 Å². The number of nitrogens with two attached hydrogens (primary N) is 1. The van der Waals surface area contributed by atoms with E-state index < -0.39 is 0 Å². The lowest BCUT2D eigenvalue weighted by molar-refractivity contribution is -0.132. The molecule has 0 bridgehead atoms. The first-order chi connectivity index (χ1) is 9.70. The van der Waals surface area contributed by atoms with Crippen molar-refractivity contribution < 1.29 is 9.53 Å². The summed E-state index contributed by atoms with van der Waals surface area (Å²) in [5, 5.41) is 2.22. The molecule has 2 N–H and O–H groups in total. The molecular weight excluding hydrogens is 252 g/mol. The number of likely N-dealkylation sites (tertiary alicyclic amines) is 1. The molecule has 2 aromatic rings. The zero-order valence-corrected chi connectivity index (χ0v) is 11.5. The number of hydrogen-bond donors (Lipinski definition) is 1. The fourth-order valence-corrected chi connectivity index (χ4v) is 2.69. The summed E-state index contributed by atoms with van der Waals surface area (Å²) in [7, 11) is 1.80. The van der Waals surface area contributed by atoms with E-state index in [2.05, 4.69) is 0 Å². The number of rotatable bonds is 3. The van der Waals surface area contributed by atoms with E-state index in [9.17, 15) is 4.79 Å². The number of amides is 1. The fourth-order valence-electron chi connectivity index (χ4n) is 2.69. The summed E-state index contributed by atoms with van der Waals surface area (Å²) >= 11 is 0. The number of nitrogens with zero attached hydrogens (tertiary/aromatic N) is 1. The molecule has 0 radical (unpaired) electrons. The van der Waals surface area contributed by atoms with Crippen LogP contribution >= 0.6 is 0 Å². The highest BCUT2D eigenvalue weighted by molar-refractivity contribution is 5.88. The molecule has 0 aliphatic carbocycles. The quantitative estimate of drug-likeness (QED) is 0.927. The standard InChI is InChI=1S/C16H18N2O2/c1-18-9-8-15(16(18)19)20-14-7-6-11-4-2-3-5-12(11)13(14)10-17/h2-7,15H,8-10,17H2,1H3. The summed E-state index contributed by atoms with van der Waals surface area (Å²) in [4.78, 5) is 13.6. The van der Waals surface area contributed by atoms with Gasteiger partial charge in [-0.2, -0.15) is 0 Å². The molecule has 1 aliphatic heterocycles. The molecule has 20 heavy (non-hydrogen) atoms. The fraction of sp³-hybridized carbons (Fsp3) is 0.312. The number of likely N-dealkylation sites (N-methyl/N-ethyl adjacent to an activating group) is 1. The van der Waals surface area contributed by atoms with Gasteiger partial charge in [-0.3, -0.25) is 4.79 Å². The van der Waals surface area contributed by atoms with Gasteiger partial charge < -0.3 is 15.4 Å². The van der Waals surface area contributed by atoms with E-state index in [4.69, 9.17) is 10.5 Å². The van der Waals surface area contributed by atoms with Crippen molar-refractivity contribution in [1.29, 1.82) is 0 Å². The van der Waals surface area contributed by atoms with Gasteiger partial charge in [0, 0.05) is 32.1 Å². The Kier molecular flexibility index (Phi) is 3.32. The minimum Gasteiger partial charge on any atom is -0.480 e. The third-order valence-corrected chi connectivity index (χ3v) is 3.85. The average molecular weight is 270 g/mol. The monoisotopic (exact) mass is 270 g/mol. The molecular formula is C16H18N2O2. The van der Waals surface area contributed by atoms with Crippen LogP contribution < -0.4 is 10.5 Å². The van der Waals surface area contributed by atoms with Crippen LogP contribution in [0.3, 0.4) is 0 Å². The maximum atomic E-state index is 11.9. The van der Waals surface area contributed by atoms with Crippen molar-refractivity contribution in [3.63, 3.8) is 0 Å². The predicted octanol–water partition coefficient (Wildman–Crippen LogP) is 1.91. The second-order valence-corrected chi connectivity index (χ2v) is 5.12. The van der Waals surface area contributed by atoms with E-state index in [1.54, 1.807) is 11.9 Å². The van der Waals surface area contributed by atoms with Crippen LogP contribution in [0.2, 0.25) is 0 Å². The maximum Gasteiger partial charge on any atom is 0.263 e. The van der Waals surface area contributed by atoms with E-state index in [-0.39, 0.29) is 12.0 Å². The molecule has 1 heterocycles. The van der Waals surface area contributed by atoms with Crippen molar-refractivity contribution in [1.82, 2.24) is 4.90 Å². The highest BCUT2D eigenvalue weighted by Gasteiger charge is 2.31. The van der Waals surface area contributed by atoms with Gasteiger partial charge >= 0.3 is 0 Å². The van der Waals surface area contributed by atoms with Gasteiger partial charge in [-0.15, -0.1) is 0 Å². The predicted molar refractivity (Wildman–Crippen MR) is 78.5 cm³/mol. The normalized spacial score (nSPS) is 18.8. The molecule has 1 aliphatic rings. The Hall–Kier alpha value is -2.07. The summed E-state index contributed by atoms with van der Waals surface area (Å²) in [6.45, 7) is 1.14. The Balaban J connectivity index is 1.97. The van der Waals surface area contributed by atoms with Gasteiger partial charge in [0.05, 0.1) is 0 Å². The minimum absolute atomic E-state index is 0.0427. The van der Waals surface area contributed by atoms with Crippen molar-refractivity contribution in [3.05, 3.63) is 42.0 Å². The topological polar surface area (TPSA) is 55.6 Å². The molecule has 0 aromatic heterocycles. The molecule has 0 spiro atoms. The van der Waals surface area contributed by atoms with Crippen LogP contribution in [0.15, 0.2) is 36.4 Å². The molecule has 104 valence electrons. The summed E-state index contributed by atoms with van der Waals surface area (Å²) in [5.74, 6) is 0.765. The van der Waals surface area contributed by atoms with Crippen LogP contribution in [0.4, 0.5) is 0 Å². The first-order valence-corrected chi connectivity index (χ1v) is 6.83. The molecule has 1 fully saturated rings. The summed E-state index contributed by atoms with van der Waals surface area (Å²) in [5.41, 5.74) is 6.84. The Morgan fingerprint density at radius 2 is 2.10 bits per heavy atom. The van der Waals surface area contributed by atoms with E-state index in [0.717, 1.165) is 35.1 Å². The molecule has 3 rings (SSSR count). The molecule has 4 nitrogen and oxygen atoms in total. The third kappa shape index (κ3) is 2.12. The lowest BCUT2D eigenvalue weighted by atomic mass is 10.0. The van der Waals surface area contributed by atoms with Crippen LogP contribution in [-0.4, -0.2) is 30.5 Å². The molecule has 2 aromatic carbocycles. The van der Waals surface area contributed by atoms with Gasteiger partial charge in [0.1, 0.15) is 5.75 Å². The van der Waals surface area contributed by atoms with E-state index in [1.165, 1.54) is 0 Å². The second kappa shape index (κ2) is 5.13. The zero-order valence-electron chi connectivity index (χ0n) is 11.5. The first-order valence-electron chi connectivity index (χ1n) is 6.83. The molecule has 4 heteroatoms. The molecule has 1 amide bonds. The van der Waals surface area contributed by atoms with Crippen molar-refractivity contribution in [3.8, 4) is 5.75 Å². The van der Waals surface area contributed by atoms with Crippen molar-refractivity contribution >= 4 is 16.7 Å². The average Bonchev–Trinajstić information content (AvgIpc) is 2.79. The number of hydrogen-bond acceptors (Lipinski definition) is 3. The smallest absolute Gasteiger partial charge is 0.263 e. The first kappa shape index (κ1) is 12.9. The van der Waals surface area contributed by atoms with Gasteiger partial charge in [-0.05, 0) is 16.8 Å². The van der Waals surface area contributed by atoms with Gasteiger partial charge in [0.15, 0.2) is 6.10 Å². The highest BCUT2D eigenvalue weighted by Crippen LogP contribution is 2.29. The van der Waals surface area contributed by atoms with E-state index in [1.807, 2.05) is 36.4 Å². The maximum absolute atomic E-state index is 11.9. The van der Waals surface area contributed by atoms with Crippen molar-refractivity contribution in [2.75, 3.05) is 13.6 Å². The van der Waals surface area contributed by atoms with E-state index >= 15 is 0 Å². The lowest BCUT2D eigenvalue weighted by Gasteiger charge is -2.17. The molecule has 1 atom stereocenters. The Labute approximate surface area is 118 Å². The Bertz CT molecular complexity index is 654. The van der Waals surface area contributed by atoms with Crippen molar-refractivity contribution in [2.45, 2.75) is 19.1 Å². The van der Waals surface area contributed by atoms with Crippen LogP contribution in [0.1, 0.15) is 12.0 Å². The molecule has 0 saturated carbocycles. The Morgan fingerprint density at radius 3 is 2.80 bits per heavy atom. The van der Waals surface area contributed by atoms with Gasteiger partial charge in [-0.1, -0.05) is 30.3 Å². The van der Waals surface area contributed by atoms with Crippen LogP contribution in [-0.2, 0) is 11.3 Å². The molecule has 1 saturated heterocycles. The summed E-state index contributed by atoms with van der Waals surface area (Å²) < 4.78 is 5.92. The van der Waals surface area contributed by atoms with Crippen LogP contribution in [0.25, 0.3) is 10.8 Å². The number of carbonyl (C=O) groups is 1. The van der Waals surface area contributed by atoms with Crippen LogP contribution in [0, 0.1) is 0 Å². The zero-order chi connectivity index (χ0) is 14.1. The second-order valence-electron chi connectivity index (χ2n) is 5.12. The van der Waals surface area contributed by atoms with E-state index in [0.29, 0.717) is 6.54 Å². The lowest BCUT2D eigenvalue weighted by Crippen LogP contribution is -2.29. The number of carbonyl (C=O) groups excluding carboxylic acids is 1. The highest BCUT2D eigenvalue weighted by atomic mass is 16.5. The third-order valence-electron chi connectivity index (χ3n) is 3.85. The SMILES string of the molecule is CN1CCC(Oc2ccc3ccccc3c2CN)C1=O. The minimum atomic E-state index is -0.383. The number of fused-ring (bicyclic) bond motifs is 1. The van der Waals surface area contributed by atoms with Crippen molar-refractivity contribution in [2.24, 2.45) is 5.73 Å². The van der Waals surface area contributed by atoms with Gasteiger partial charge in [0.25, 0.3) is 5.91 Å².